The van der Waals surface area contributed by atoms with Crippen molar-refractivity contribution >= 4 is 17.1 Å². The lowest BCUT2D eigenvalue weighted by molar-refractivity contribution is 0.0804. The first kappa shape index (κ1) is 19.7. The van der Waals surface area contributed by atoms with Crippen LogP contribution in [0.1, 0.15) is 43.0 Å². The molecule has 9 nitrogen and oxygen atoms in total. The Morgan fingerprint density at radius 1 is 1.29 bits per heavy atom. The van der Waals surface area contributed by atoms with Crippen LogP contribution < -0.4 is 10.1 Å². The van der Waals surface area contributed by atoms with Crippen LogP contribution in [0.2, 0.25) is 0 Å². The molecule has 4 heterocycles. The zero-order valence-corrected chi connectivity index (χ0v) is 17.7. The Bertz CT molecular complexity index is 1110. The molecule has 162 valence electrons. The molecule has 0 spiro atoms. The largest absolute Gasteiger partial charge is 0.495 e. The number of carbonyl (C=O) groups excluding carboxylic acids is 1. The van der Waals surface area contributed by atoms with Gasteiger partial charge in [0.2, 0.25) is 0 Å². The van der Waals surface area contributed by atoms with Gasteiger partial charge in [0.25, 0.3) is 0 Å². The van der Waals surface area contributed by atoms with Gasteiger partial charge in [-0.15, -0.1) is 0 Å². The van der Waals surface area contributed by atoms with Gasteiger partial charge in [-0.1, -0.05) is 0 Å². The van der Waals surface area contributed by atoms with Crippen molar-refractivity contribution in [1.29, 1.82) is 0 Å². The Kier molecular flexibility index (Phi) is 5.19. The number of hydrogen-bond acceptors (Lipinski definition) is 7. The molecule has 2 aliphatic rings. The van der Waals surface area contributed by atoms with Crippen LogP contribution in [0.5, 0.6) is 5.75 Å². The summed E-state index contributed by atoms with van der Waals surface area (Å²) < 4.78 is 12.7. The number of amides is 1. The fourth-order valence-electron chi connectivity index (χ4n) is 4.29. The van der Waals surface area contributed by atoms with Crippen molar-refractivity contribution < 1.29 is 14.3 Å². The van der Waals surface area contributed by atoms with Crippen LogP contribution in [0.3, 0.4) is 0 Å². The number of methoxy groups -OCH3 is 1. The maximum atomic E-state index is 12.7. The highest BCUT2D eigenvalue weighted by molar-refractivity contribution is 5.86. The van der Waals surface area contributed by atoms with Crippen molar-refractivity contribution in [2.24, 2.45) is 0 Å². The molecule has 31 heavy (non-hydrogen) atoms. The average molecular weight is 422 g/mol. The molecule has 3 aromatic heterocycles. The molecule has 9 heteroatoms. The van der Waals surface area contributed by atoms with E-state index in [0.717, 1.165) is 41.8 Å². The van der Waals surface area contributed by atoms with Gasteiger partial charge in [0.15, 0.2) is 0 Å². The number of nitrogens with zero attached hydrogens (tertiary/aromatic N) is 5. The summed E-state index contributed by atoms with van der Waals surface area (Å²) >= 11 is 0. The molecule has 1 saturated heterocycles. The SMILES string of the molecule is CCOC(=O)N1CCNCC1c1ncnc2c1c(C1CC1)cn2-c1cncc(OC)c1. The van der Waals surface area contributed by atoms with Crippen LogP contribution in [0.25, 0.3) is 16.7 Å². The van der Waals surface area contributed by atoms with Gasteiger partial charge in [0, 0.05) is 37.3 Å². The summed E-state index contributed by atoms with van der Waals surface area (Å²) in [5.41, 5.74) is 3.78. The number of ether oxygens (including phenoxy) is 2. The second kappa shape index (κ2) is 8.14. The Labute approximate surface area is 180 Å². The fourth-order valence-corrected chi connectivity index (χ4v) is 4.29. The standard InChI is InChI=1S/C22H26N6O3/c1-3-31-22(29)27-7-6-23-11-18(27)20-19-17(14-4-5-14)12-28(21(19)26-13-25-20)15-8-16(30-2)10-24-9-15/h8-10,12-14,18,23H,3-7,11H2,1-2H3. The Balaban J connectivity index is 1.66. The first-order valence-electron chi connectivity index (χ1n) is 10.7. The fraction of sp³-hybridized carbons (Fsp3) is 0.455. The monoisotopic (exact) mass is 422 g/mol. The molecule has 0 bridgehead atoms. The molecule has 0 radical (unpaired) electrons. The zero-order chi connectivity index (χ0) is 21.4. The first-order chi connectivity index (χ1) is 15.2. The number of rotatable bonds is 5. The molecular formula is C22H26N6O3. The minimum atomic E-state index is -0.301. The molecule has 1 aliphatic carbocycles. The molecule has 1 unspecified atom stereocenters. The molecule has 2 fully saturated rings. The number of hydrogen-bond donors (Lipinski definition) is 1. The van der Waals surface area contributed by atoms with Gasteiger partial charge in [-0.05, 0) is 31.2 Å². The minimum Gasteiger partial charge on any atom is -0.495 e. The quantitative estimate of drug-likeness (QED) is 0.676. The summed E-state index contributed by atoms with van der Waals surface area (Å²) in [4.78, 5) is 28.1. The van der Waals surface area contributed by atoms with Crippen molar-refractivity contribution in [2.45, 2.75) is 31.7 Å². The second-order valence-corrected chi connectivity index (χ2v) is 7.88. The van der Waals surface area contributed by atoms with Crippen molar-refractivity contribution in [2.75, 3.05) is 33.4 Å². The van der Waals surface area contributed by atoms with E-state index < -0.39 is 0 Å². The van der Waals surface area contributed by atoms with E-state index in [1.54, 1.807) is 30.7 Å². The number of piperazine rings is 1. The summed E-state index contributed by atoms with van der Waals surface area (Å²) in [6.45, 7) is 4.11. The highest BCUT2D eigenvalue weighted by Crippen LogP contribution is 2.46. The van der Waals surface area contributed by atoms with Crippen LogP contribution in [0.4, 0.5) is 4.79 Å². The first-order valence-corrected chi connectivity index (χ1v) is 10.7. The summed E-state index contributed by atoms with van der Waals surface area (Å²) in [6.07, 6.45) is 9.20. The highest BCUT2D eigenvalue weighted by Gasteiger charge is 2.35. The average Bonchev–Trinajstić information content (AvgIpc) is 3.59. The van der Waals surface area contributed by atoms with Crippen molar-refractivity contribution in [3.05, 3.63) is 42.2 Å². The van der Waals surface area contributed by atoms with Crippen LogP contribution >= 0.6 is 0 Å². The molecule has 1 saturated carbocycles. The third-order valence-corrected chi connectivity index (χ3v) is 5.93. The third-order valence-electron chi connectivity index (χ3n) is 5.93. The lowest BCUT2D eigenvalue weighted by Gasteiger charge is -2.35. The molecule has 0 aromatic carbocycles. The maximum Gasteiger partial charge on any atom is 0.410 e. The molecule has 3 aromatic rings. The van der Waals surface area contributed by atoms with Gasteiger partial charge in [0.1, 0.15) is 17.7 Å². The summed E-state index contributed by atoms with van der Waals surface area (Å²) in [7, 11) is 1.63. The molecule has 5 rings (SSSR count). The predicted octanol–water partition coefficient (Wildman–Crippen LogP) is 2.80. The van der Waals surface area contributed by atoms with E-state index in [9.17, 15) is 4.79 Å². The van der Waals surface area contributed by atoms with Crippen LogP contribution in [-0.4, -0.2) is 63.9 Å². The maximum absolute atomic E-state index is 12.7. The lowest BCUT2D eigenvalue weighted by Crippen LogP contribution is -2.49. The molecular weight excluding hydrogens is 396 g/mol. The van der Waals surface area contributed by atoms with Gasteiger partial charge in [-0.2, -0.15) is 0 Å². The number of nitrogens with one attached hydrogen (secondary N) is 1. The lowest BCUT2D eigenvalue weighted by atomic mass is 10.0. The number of pyridine rings is 1. The van der Waals surface area contributed by atoms with Gasteiger partial charge >= 0.3 is 6.09 Å². The number of fused-ring (bicyclic) bond motifs is 1. The molecule has 1 N–H and O–H groups in total. The van der Waals surface area contributed by atoms with E-state index in [1.165, 1.54) is 5.56 Å². The molecule has 1 aliphatic heterocycles. The third kappa shape index (κ3) is 3.59. The summed E-state index contributed by atoms with van der Waals surface area (Å²) in [5.74, 6) is 1.17. The predicted molar refractivity (Wildman–Crippen MR) is 115 cm³/mol. The van der Waals surface area contributed by atoms with Crippen molar-refractivity contribution in [3.63, 3.8) is 0 Å². The summed E-state index contributed by atoms with van der Waals surface area (Å²) in [6, 6.07) is 1.73. The normalized spacial score (nSPS) is 18.9. The van der Waals surface area contributed by atoms with Crippen LogP contribution in [-0.2, 0) is 4.74 Å². The minimum absolute atomic E-state index is 0.213. The van der Waals surface area contributed by atoms with Crippen LogP contribution in [0, 0.1) is 0 Å². The van der Waals surface area contributed by atoms with Gasteiger partial charge < -0.3 is 14.8 Å². The van der Waals surface area contributed by atoms with Gasteiger partial charge in [-0.25, -0.2) is 14.8 Å². The molecule has 1 amide bonds. The zero-order valence-electron chi connectivity index (χ0n) is 17.7. The Hall–Kier alpha value is -3.20. The van der Waals surface area contributed by atoms with E-state index in [-0.39, 0.29) is 12.1 Å². The van der Waals surface area contributed by atoms with E-state index in [0.29, 0.717) is 31.4 Å². The molecule has 1 atom stereocenters. The summed E-state index contributed by atoms with van der Waals surface area (Å²) in [5, 5.41) is 4.42. The Morgan fingerprint density at radius 2 is 2.16 bits per heavy atom. The number of carbonyl (C=O) groups is 1. The van der Waals surface area contributed by atoms with E-state index in [2.05, 4.69) is 31.0 Å². The second-order valence-electron chi connectivity index (χ2n) is 7.88. The Morgan fingerprint density at radius 3 is 2.94 bits per heavy atom. The van der Waals surface area contributed by atoms with E-state index in [1.807, 2.05) is 13.0 Å². The smallest absolute Gasteiger partial charge is 0.410 e. The topological polar surface area (TPSA) is 94.4 Å². The highest BCUT2D eigenvalue weighted by atomic mass is 16.6. The van der Waals surface area contributed by atoms with Crippen LogP contribution in [0.15, 0.2) is 31.0 Å². The van der Waals surface area contributed by atoms with Crippen molar-refractivity contribution in [1.82, 2.24) is 29.7 Å². The van der Waals surface area contributed by atoms with Gasteiger partial charge in [-0.3, -0.25) is 14.5 Å². The number of aromatic nitrogens is 4. The van der Waals surface area contributed by atoms with E-state index in [4.69, 9.17) is 9.47 Å². The van der Waals surface area contributed by atoms with Crippen molar-refractivity contribution in [3.8, 4) is 11.4 Å². The van der Waals surface area contributed by atoms with Gasteiger partial charge in [0.05, 0.1) is 43.5 Å². The van der Waals surface area contributed by atoms with E-state index >= 15 is 0 Å².